The molecule has 7 heteroatoms. The number of aryl methyl sites for hydroxylation is 1. The van der Waals surface area contributed by atoms with Crippen molar-refractivity contribution in [1.29, 1.82) is 0 Å². The Kier molecular flexibility index (Phi) is 4.97. The summed E-state index contributed by atoms with van der Waals surface area (Å²) < 4.78 is 39.4. The van der Waals surface area contributed by atoms with Crippen LogP contribution in [-0.4, -0.2) is 25.6 Å². The van der Waals surface area contributed by atoms with E-state index in [9.17, 15) is 13.6 Å². The minimum atomic E-state index is -2.97. The molecule has 0 fully saturated rings. The number of methoxy groups -OCH3 is 1. The Morgan fingerprint density at radius 2 is 1.92 bits per heavy atom. The molecule has 0 aromatic heterocycles. The lowest BCUT2D eigenvalue weighted by Crippen LogP contribution is -2.07. The number of halogens is 2. The summed E-state index contributed by atoms with van der Waals surface area (Å²) in [7, 11) is 1.32. The van der Waals surface area contributed by atoms with Crippen molar-refractivity contribution in [3.8, 4) is 11.5 Å². The number of carbonyl (C=O) groups is 1. The second-order valence-corrected chi connectivity index (χ2v) is 5.44. The monoisotopic (exact) mass is 359 g/mol. The largest absolute Gasteiger partial charge is 0.493 e. The van der Waals surface area contributed by atoms with Gasteiger partial charge in [0.15, 0.2) is 17.2 Å². The van der Waals surface area contributed by atoms with Crippen molar-refractivity contribution in [3.63, 3.8) is 0 Å². The van der Waals surface area contributed by atoms with Crippen molar-refractivity contribution in [2.24, 2.45) is 4.99 Å². The van der Waals surface area contributed by atoms with Crippen LogP contribution in [0.2, 0.25) is 0 Å². The van der Waals surface area contributed by atoms with Crippen molar-refractivity contribution in [3.05, 3.63) is 64.9 Å². The molecular formula is C19H15F2NO4. The fourth-order valence-electron chi connectivity index (χ4n) is 2.42. The van der Waals surface area contributed by atoms with Gasteiger partial charge in [-0.2, -0.15) is 8.78 Å². The van der Waals surface area contributed by atoms with E-state index in [2.05, 4.69) is 9.73 Å². The van der Waals surface area contributed by atoms with Gasteiger partial charge in [0.25, 0.3) is 0 Å². The number of carbonyl (C=O) groups excluding carboxylic acids is 1. The first kappa shape index (κ1) is 17.6. The van der Waals surface area contributed by atoms with Gasteiger partial charge in [0.05, 0.1) is 7.11 Å². The molecular weight excluding hydrogens is 344 g/mol. The summed E-state index contributed by atoms with van der Waals surface area (Å²) in [6.07, 6.45) is 1.64. The van der Waals surface area contributed by atoms with E-state index in [-0.39, 0.29) is 23.1 Å². The average molecular weight is 359 g/mol. The summed E-state index contributed by atoms with van der Waals surface area (Å²) >= 11 is 0. The van der Waals surface area contributed by atoms with Gasteiger partial charge in [-0.05, 0) is 42.3 Å². The van der Waals surface area contributed by atoms with Crippen molar-refractivity contribution >= 4 is 17.9 Å². The first-order valence-corrected chi connectivity index (χ1v) is 7.69. The zero-order valence-electron chi connectivity index (χ0n) is 14.0. The van der Waals surface area contributed by atoms with Crippen LogP contribution >= 0.6 is 0 Å². The summed E-state index contributed by atoms with van der Waals surface area (Å²) in [4.78, 5) is 16.3. The van der Waals surface area contributed by atoms with Crippen LogP contribution < -0.4 is 9.47 Å². The maximum Gasteiger partial charge on any atom is 0.387 e. The molecule has 0 N–H and O–H groups in total. The van der Waals surface area contributed by atoms with Gasteiger partial charge in [-0.1, -0.05) is 24.3 Å². The number of benzene rings is 2. The van der Waals surface area contributed by atoms with Crippen molar-refractivity contribution in [2.45, 2.75) is 13.5 Å². The van der Waals surface area contributed by atoms with E-state index in [1.807, 2.05) is 31.2 Å². The van der Waals surface area contributed by atoms with Crippen molar-refractivity contribution in [1.82, 2.24) is 0 Å². The van der Waals surface area contributed by atoms with Crippen LogP contribution in [0.1, 0.15) is 16.7 Å². The molecule has 0 atom stereocenters. The minimum Gasteiger partial charge on any atom is -0.493 e. The van der Waals surface area contributed by atoms with E-state index in [4.69, 9.17) is 9.47 Å². The third kappa shape index (κ3) is 3.72. The van der Waals surface area contributed by atoms with E-state index in [0.29, 0.717) is 5.56 Å². The summed E-state index contributed by atoms with van der Waals surface area (Å²) in [5.41, 5.74) is 2.40. The Hall–Kier alpha value is -3.22. The van der Waals surface area contributed by atoms with Crippen molar-refractivity contribution in [2.75, 3.05) is 7.11 Å². The van der Waals surface area contributed by atoms with Gasteiger partial charge < -0.3 is 14.2 Å². The van der Waals surface area contributed by atoms with Gasteiger partial charge in [0.1, 0.15) is 0 Å². The highest BCUT2D eigenvalue weighted by Gasteiger charge is 2.25. The lowest BCUT2D eigenvalue weighted by atomic mass is 10.1. The highest BCUT2D eigenvalue weighted by atomic mass is 19.3. The molecule has 0 radical (unpaired) electrons. The number of esters is 1. The number of aliphatic imine (C=N–C) groups is 1. The first-order valence-electron chi connectivity index (χ1n) is 7.69. The maximum absolute atomic E-state index is 12.4. The lowest BCUT2D eigenvalue weighted by Gasteiger charge is -2.10. The van der Waals surface area contributed by atoms with Gasteiger partial charge in [-0.25, -0.2) is 9.79 Å². The normalized spacial score (nSPS) is 15.2. The molecule has 1 heterocycles. The predicted molar refractivity (Wildman–Crippen MR) is 91.4 cm³/mol. The van der Waals surface area contributed by atoms with Gasteiger partial charge in [-0.15, -0.1) is 0 Å². The van der Waals surface area contributed by atoms with Crippen LogP contribution in [0.25, 0.3) is 6.08 Å². The third-order valence-electron chi connectivity index (χ3n) is 3.73. The molecule has 0 saturated heterocycles. The molecule has 0 unspecified atom stereocenters. The highest BCUT2D eigenvalue weighted by Crippen LogP contribution is 2.31. The summed E-state index contributed by atoms with van der Waals surface area (Å²) in [6, 6.07) is 11.7. The second-order valence-electron chi connectivity index (χ2n) is 5.44. The Morgan fingerprint density at radius 3 is 2.62 bits per heavy atom. The second kappa shape index (κ2) is 7.35. The zero-order chi connectivity index (χ0) is 18.7. The topological polar surface area (TPSA) is 57.1 Å². The van der Waals surface area contributed by atoms with Gasteiger partial charge in [0.2, 0.25) is 5.90 Å². The van der Waals surface area contributed by atoms with E-state index < -0.39 is 12.6 Å². The van der Waals surface area contributed by atoms with Gasteiger partial charge in [0, 0.05) is 5.56 Å². The molecule has 0 spiro atoms. The zero-order valence-corrected chi connectivity index (χ0v) is 14.0. The number of hydrogen-bond acceptors (Lipinski definition) is 5. The lowest BCUT2D eigenvalue weighted by molar-refractivity contribution is -0.129. The van der Waals surface area contributed by atoms with Crippen LogP contribution in [0.3, 0.4) is 0 Å². The first-order chi connectivity index (χ1) is 12.5. The number of nitrogens with zero attached hydrogens (tertiary/aromatic N) is 1. The third-order valence-corrected chi connectivity index (χ3v) is 3.73. The summed E-state index contributed by atoms with van der Waals surface area (Å²) in [5, 5.41) is 0. The molecule has 0 saturated carbocycles. The Labute approximate surface area is 148 Å². The Balaban J connectivity index is 1.93. The molecule has 5 nitrogen and oxygen atoms in total. The molecule has 134 valence electrons. The van der Waals surface area contributed by atoms with E-state index in [1.165, 1.54) is 25.3 Å². The van der Waals surface area contributed by atoms with Gasteiger partial charge >= 0.3 is 12.6 Å². The predicted octanol–water partition coefficient (Wildman–Crippen LogP) is 3.95. The molecule has 0 bridgehead atoms. The fraction of sp³-hybridized carbons (Fsp3) is 0.158. The summed E-state index contributed by atoms with van der Waals surface area (Å²) in [6.45, 7) is -1.05. The number of hydrogen-bond donors (Lipinski definition) is 0. The fourth-order valence-corrected chi connectivity index (χ4v) is 2.42. The Morgan fingerprint density at radius 1 is 1.15 bits per heavy atom. The number of alkyl halides is 2. The van der Waals surface area contributed by atoms with E-state index >= 15 is 0 Å². The standard InChI is InChI=1S/C19H15F2NO4/c1-11-5-3-4-6-12(11)9-14-18(23)26-17(22-14)13-7-8-15(25-19(20)21)16(10-13)24-2/h3-10,19H,1-2H3/b14-9+. The van der Waals surface area contributed by atoms with Crippen LogP contribution in [-0.2, 0) is 9.53 Å². The molecule has 2 aromatic carbocycles. The van der Waals surface area contributed by atoms with Crippen molar-refractivity contribution < 1.29 is 27.8 Å². The number of rotatable bonds is 5. The average Bonchev–Trinajstić information content (AvgIpc) is 2.97. The molecule has 0 amide bonds. The van der Waals surface area contributed by atoms with Gasteiger partial charge in [-0.3, -0.25) is 0 Å². The van der Waals surface area contributed by atoms with Crippen LogP contribution in [0.4, 0.5) is 8.78 Å². The SMILES string of the molecule is COc1cc(C2=N/C(=C/c3ccccc3C)C(=O)O2)ccc1OC(F)F. The minimum absolute atomic E-state index is 0.0664. The molecule has 1 aliphatic heterocycles. The van der Waals surface area contributed by atoms with Crippen LogP contribution in [0.15, 0.2) is 53.2 Å². The number of cyclic esters (lactones) is 1. The molecule has 2 aromatic rings. The van der Waals surface area contributed by atoms with Crippen LogP contribution in [0, 0.1) is 6.92 Å². The molecule has 0 aliphatic carbocycles. The van der Waals surface area contributed by atoms with Crippen LogP contribution in [0.5, 0.6) is 11.5 Å². The molecule has 1 aliphatic rings. The van der Waals surface area contributed by atoms with E-state index in [1.54, 1.807) is 6.08 Å². The quantitative estimate of drug-likeness (QED) is 0.599. The molecule has 3 rings (SSSR count). The maximum atomic E-state index is 12.4. The summed E-state index contributed by atoms with van der Waals surface area (Å²) in [5.74, 6) is -0.559. The highest BCUT2D eigenvalue weighted by molar-refractivity contribution is 6.13. The number of ether oxygens (including phenoxy) is 3. The smallest absolute Gasteiger partial charge is 0.387 e. The Bertz CT molecular complexity index is 906. The molecule has 26 heavy (non-hydrogen) atoms. The van der Waals surface area contributed by atoms with E-state index in [0.717, 1.165) is 11.1 Å².